The molecule has 1 aliphatic rings. The van der Waals surface area contributed by atoms with Crippen LogP contribution in [0.1, 0.15) is 13.3 Å². The highest BCUT2D eigenvalue weighted by Crippen LogP contribution is 2.04. The number of urea groups is 1. The molecule has 1 rings (SSSR count). The molecule has 112 valence electrons. The predicted molar refractivity (Wildman–Crippen MR) is 74.5 cm³/mol. The van der Waals surface area contributed by atoms with Crippen molar-refractivity contribution in [2.45, 2.75) is 13.3 Å². The van der Waals surface area contributed by atoms with Gasteiger partial charge in [-0.1, -0.05) is 6.92 Å². The van der Waals surface area contributed by atoms with E-state index in [4.69, 9.17) is 0 Å². The summed E-state index contributed by atoms with van der Waals surface area (Å²) in [6.07, 6.45) is 2.16. The van der Waals surface area contributed by atoms with Gasteiger partial charge in [0.25, 0.3) is 0 Å². The first kappa shape index (κ1) is 16.2. The lowest BCUT2D eigenvalue weighted by molar-refractivity contribution is 0.188. The maximum absolute atomic E-state index is 11.3. The van der Waals surface area contributed by atoms with Gasteiger partial charge in [0.15, 0.2) is 0 Å². The first-order valence-electron chi connectivity index (χ1n) is 6.62. The van der Waals surface area contributed by atoms with E-state index in [1.165, 1.54) is 10.6 Å². The molecule has 2 amide bonds. The lowest BCUT2D eigenvalue weighted by Gasteiger charge is -2.33. The van der Waals surface area contributed by atoms with Gasteiger partial charge in [0.1, 0.15) is 0 Å². The number of sulfonamides is 1. The van der Waals surface area contributed by atoms with Crippen LogP contribution in [0.2, 0.25) is 0 Å². The Hall–Kier alpha value is -0.860. The van der Waals surface area contributed by atoms with Crippen molar-refractivity contribution in [3.63, 3.8) is 0 Å². The summed E-state index contributed by atoms with van der Waals surface area (Å²) in [6, 6.07) is -0.142. The number of nitrogens with one attached hydrogen (secondary N) is 2. The highest BCUT2D eigenvalue weighted by molar-refractivity contribution is 7.88. The van der Waals surface area contributed by atoms with Crippen molar-refractivity contribution in [3.05, 3.63) is 0 Å². The fourth-order valence-corrected chi connectivity index (χ4v) is 2.74. The minimum Gasteiger partial charge on any atom is -0.338 e. The van der Waals surface area contributed by atoms with Gasteiger partial charge in [-0.05, 0) is 6.42 Å². The topological polar surface area (TPSA) is 81.8 Å². The number of hydrogen-bond acceptors (Lipinski definition) is 4. The molecule has 1 saturated heterocycles. The summed E-state index contributed by atoms with van der Waals surface area (Å²) < 4.78 is 24.2. The number of amides is 2. The molecular weight excluding hydrogens is 268 g/mol. The zero-order valence-electron chi connectivity index (χ0n) is 11.7. The lowest BCUT2D eigenvalue weighted by Crippen LogP contribution is -2.50. The summed E-state index contributed by atoms with van der Waals surface area (Å²) in [5.74, 6) is 0. The molecule has 7 nitrogen and oxygen atoms in total. The highest BCUT2D eigenvalue weighted by Gasteiger charge is 2.22. The van der Waals surface area contributed by atoms with Crippen molar-refractivity contribution in [1.82, 2.24) is 19.8 Å². The summed E-state index contributed by atoms with van der Waals surface area (Å²) in [5.41, 5.74) is 0. The van der Waals surface area contributed by atoms with E-state index >= 15 is 0 Å². The summed E-state index contributed by atoms with van der Waals surface area (Å²) in [4.78, 5) is 13.5. The van der Waals surface area contributed by atoms with Crippen molar-refractivity contribution in [1.29, 1.82) is 0 Å². The van der Waals surface area contributed by atoms with E-state index in [1.807, 2.05) is 6.92 Å². The van der Waals surface area contributed by atoms with Crippen LogP contribution in [-0.4, -0.2) is 75.7 Å². The Kier molecular flexibility index (Phi) is 6.53. The van der Waals surface area contributed by atoms with Crippen LogP contribution in [0.5, 0.6) is 0 Å². The van der Waals surface area contributed by atoms with Crippen LogP contribution in [0.15, 0.2) is 0 Å². The fourth-order valence-electron chi connectivity index (χ4n) is 1.91. The second-order valence-corrected chi connectivity index (χ2v) is 6.67. The number of rotatable bonds is 6. The van der Waals surface area contributed by atoms with Crippen molar-refractivity contribution in [2.75, 3.05) is 52.1 Å². The maximum Gasteiger partial charge on any atom is 0.314 e. The van der Waals surface area contributed by atoms with E-state index in [9.17, 15) is 13.2 Å². The second kappa shape index (κ2) is 7.66. The second-order valence-electron chi connectivity index (χ2n) is 4.69. The Labute approximate surface area is 115 Å². The van der Waals surface area contributed by atoms with Crippen LogP contribution < -0.4 is 10.6 Å². The first-order chi connectivity index (χ1) is 8.93. The zero-order valence-corrected chi connectivity index (χ0v) is 12.5. The predicted octanol–water partition coefficient (Wildman–Crippen LogP) is -0.727. The van der Waals surface area contributed by atoms with Crippen LogP contribution in [0.4, 0.5) is 4.79 Å². The fraction of sp³-hybridized carbons (Fsp3) is 0.909. The summed E-state index contributed by atoms with van der Waals surface area (Å²) in [7, 11) is -3.07. The summed E-state index contributed by atoms with van der Waals surface area (Å²) >= 11 is 0. The molecule has 0 aromatic carbocycles. The SMILES string of the molecule is CCCNC(=O)NCCN1CCN(S(C)(=O)=O)CC1. The normalized spacial score (nSPS) is 18.2. The van der Waals surface area contributed by atoms with Gasteiger partial charge in [-0.2, -0.15) is 4.31 Å². The third-order valence-electron chi connectivity index (χ3n) is 3.05. The molecule has 8 heteroatoms. The van der Waals surface area contributed by atoms with Gasteiger partial charge in [0.05, 0.1) is 6.26 Å². The molecule has 0 spiro atoms. The number of carbonyl (C=O) groups excluding carboxylic acids is 1. The quantitative estimate of drug-likeness (QED) is 0.676. The van der Waals surface area contributed by atoms with E-state index in [1.54, 1.807) is 0 Å². The van der Waals surface area contributed by atoms with Crippen LogP contribution in [-0.2, 0) is 10.0 Å². The average Bonchev–Trinajstić information content (AvgIpc) is 2.36. The molecule has 0 aromatic heterocycles. The standard InChI is InChI=1S/C11H24N4O3S/c1-3-4-12-11(16)13-5-6-14-7-9-15(10-8-14)19(2,17)18/h3-10H2,1-2H3,(H2,12,13,16). The van der Waals surface area contributed by atoms with Crippen LogP contribution in [0.25, 0.3) is 0 Å². The Morgan fingerprint density at radius 3 is 2.21 bits per heavy atom. The first-order valence-corrected chi connectivity index (χ1v) is 8.47. The van der Waals surface area contributed by atoms with E-state index in [-0.39, 0.29) is 6.03 Å². The van der Waals surface area contributed by atoms with E-state index in [2.05, 4.69) is 15.5 Å². The van der Waals surface area contributed by atoms with Crippen LogP contribution in [0, 0.1) is 0 Å². The van der Waals surface area contributed by atoms with Crippen molar-refractivity contribution in [2.24, 2.45) is 0 Å². The van der Waals surface area contributed by atoms with Gasteiger partial charge in [-0.3, -0.25) is 4.90 Å². The van der Waals surface area contributed by atoms with E-state index in [0.29, 0.717) is 39.3 Å². The minimum atomic E-state index is -3.07. The molecule has 0 atom stereocenters. The van der Waals surface area contributed by atoms with Gasteiger partial charge >= 0.3 is 6.03 Å². The third kappa shape index (κ3) is 6.22. The minimum absolute atomic E-state index is 0.142. The molecule has 0 aliphatic carbocycles. The van der Waals surface area contributed by atoms with Crippen molar-refractivity contribution < 1.29 is 13.2 Å². The Balaban J connectivity index is 2.15. The number of carbonyl (C=O) groups is 1. The number of hydrogen-bond donors (Lipinski definition) is 2. The Bertz CT molecular complexity index is 377. The molecule has 1 aliphatic heterocycles. The molecule has 0 unspecified atom stereocenters. The van der Waals surface area contributed by atoms with Gasteiger partial charge in [-0.25, -0.2) is 13.2 Å². The van der Waals surface area contributed by atoms with Gasteiger partial charge in [0.2, 0.25) is 10.0 Å². The molecule has 0 bridgehead atoms. The molecule has 1 heterocycles. The molecule has 1 fully saturated rings. The van der Waals surface area contributed by atoms with E-state index in [0.717, 1.165) is 13.0 Å². The number of piperazine rings is 1. The smallest absolute Gasteiger partial charge is 0.314 e. The Morgan fingerprint density at radius 2 is 1.68 bits per heavy atom. The lowest BCUT2D eigenvalue weighted by atomic mass is 10.3. The third-order valence-corrected chi connectivity index (χ3v) is 4.35. The monoisotopic (exact) mass is 292 g/mol. The van der Waals surface area contributed by atoms with E-state index < -0.39 is 10.0 Å². The molecule has 2 N–H and O–H groups in total. The molecule has 19 heavy (non-hydrogen) atoms. The average molecular weight is 292 g/mol. The van der Waals surface area contributed by atoms with Crippen LogP contribution in [0.3, 0.4) is 0 Å². The zero-order chi connectivity index (χ0) is 14.3. The molecule has 0 saturated carbocycles. The van der Waals surface area contributed by atoms with Gasteiger partial charge < -0.3 is 10.6 Å². The highest BCUT2D eigenvalue weighted by atomic mass is 32.2. The van der Waals surface area contributed by atoms with Crippen molar-refractivity contribution >= 4 is 16.1 Å². The number of nitrogens with zero attached hydrogens (tertiary/aromatic N) is 2. The van der Waals surface area contributed by atoms with Gasteiger partial charge in [-0.15, -0.1) is 0 Å². The largest absolute Gasteiger partial charge is 0.338 e. The summed E-state index contributed by atoms with van der Waals surface area (Å²) in [5, 5.41) is 5.52. The Morgan fingerprint density at radius 1 is 1.11 bits per heavy atom. The van der Waals surface area contributed by atoms with Crippen LogP contribution >= 0.6 is 0 Å². The molecule has 0 aromatic rings. The molecule has 0 radical (unpaired) electrons. The molecular formula is C11H24N4O3S. The van der Waals surface area contributed by atoms with Gasteiger partial charge in [0, 0.05) is 45.8 Å². The maximum atomic E-state index is 11.3. The van der Waals surface area contributed by atoms with Crippen molar-refractivity contribution in [3.8, 4) is 0 Å². The summed E-state index contributed by atoms with van der Waals surface area (Å²) in [6.45, 7) is 6.49.